The lowest BCUT2D eigenvalue weighted by atomic mass is 10.1. The van der Waals surface area contributed by atoms with Crippen LogP contribution in [0.15, 0.2) is 65.5 Å². The van der Waals surface area contributed by atoms with Gasteiger partial charge in [0.15, 0.2) is 6.61 Å². The number of benzene rings is 2. The first-order valence-electron chi connectivity index (χ1n) is 9.51. The minimum atomic E-state index is -0.293. The predicted octanol–water partition coefficient (Wildman–Crippen LogP) is 3.16. The highest BCUT2D eigenvalue weighted by molar-refractivity contribution is 6.30. The van der Waals surface area contributed by atoms with Crippen molar-refractivity contribution in [3.05, 3.63) is 76.0 Å². The fraction of sp³-hybridized carbons (Fsp3) is 0.227. The second-order valence-corrected chi connectivity index (χ2v) is 6.77. The molecule has 3 aromatic rings. The van der Waals surface area contributed by atoms with E-state index in [1.54, 1.807) is 36.4 Å². The van der Waals surface area contributed by atoms with E-state index in [2.05, 4.69) is 10.4 Å². The molecule has 1 N–H and O–H groups in total. The smallest absolute Gasteiger partial charge is 0.266 e. The molecule has 0 saturated carbocycles. The molecule has 0 aliphatic rings. The van der Waals surface area contributed by atoms with Crippen molar-refractivity contribution in [2.75, 3.05) is 19.8 Å². The highest BCUT2D eigenvalue weighted by atomic mass is 35.5. The number of hydrogen-bond acceptors (Lipinski definition) is 5. The van der Waals surface area contributed by atoms with Gasteiger partial charge in [0.2, 0.25) is 0 Å². The number of nitrogens with one attached hydrogen (secondary N) is 1. The zero-order valence-electron chi connectivity index (χ0n) is 16.5. The normalized spacial score (nSPS) is 10.5. The fourth-order valence-electron chi connectivity index (χ4n) is 2.71. The lowest BCUT2D eigenvalue weighted by molar-refractivity contribution is -0.123. The summed E-state index contributed by atoms with van der Waals surface area (Å²) < 4.78 is 12.2. The molecular formula is C22H22ClN3O4. The van der Waals surface area contributed by atoms with Crippen molar-refractivity contribution in [1.82, 2.24) is 15.1 Å². The average molecular weight is 428 g/mol. The average Bonchev–Trinajstić information content (AvgIpc) is 2.75. The van der Waals surface area contributed by atoms with Crippen LogP contribution in [0.2, 0.25) is 5.02 Å². The van der Waals surface area contributed by atoms with Crippen LogP contribution in [0.5, 0.6) is 11.5 Å². The van der Waals surface area contributed by atoms with Gasteiger partial charge in [-0.2, -0.15) is 5.10 Å². The number of halogens is 1. The highest BCUT2D eigenvalue weighted by Crippen LogP contribution is 2.19. The molecule has 0 spiro atoms. The van der Waals surface area contributed by atoms with Crippen molar-refractivity contribution >= 4 is 17.5 Å². The van der Waals surface area contributed by atoms with Crippen molar-refractivity contribution in [2.24, 2.45) is 0 Å². The molecule has 156 valence electrons. The number of hydrogen-bond donors (Lipinski definition) is 1. The first-order chi connectivity index (χ1) is 14.5. The van der Waals surface area contributed by atoms with Crippen molar-refractivity contribution in [2.45, 2.75) is 13.5 Å². The number of aromatic nitrogens is 2. The van der Waals surface area contributed by atoms with E-state index in [0.717, 1.165) is 5.56 Å². The predicted molar refractivity (Wildman–Crippen MR) is 115 cm³/mol. The molecule has 7 nitrogen and oxygen atoms in total. The summed E-state index contributed by atoms with van der Waals surface area (Å²) in [6, 6.07) is 17.4. The largest absolute Gasteiger partial charge is 0.494 e. The molecule has 8 heteroatoms. The lowest BCUT2D eigenvalue weighted by Gasteiger charge is -2.10. The van der Waals surface area contributed by atoms with Crippen LogP contribution < -0.4 is 20.3 Å². The third kappa shape index (κ3) is 6.09. The van der Waals surface area contributed by atoms with E-state index >= 15 is 0 Å². The van der Waals surface area contributed by atoms with Crippen molar-refractivity contribution in [1.29, 1.82) is 0 Å². The van der Waals surface area contributed by atoms with Gasteiger partial charge in [-0.05, 0) is 37.3 Å². The monoisotopic (exact) mass is 427 g/mol. The van der Waals surface area contributed by atoms with Gasteiger partial charge in [-0.3, -0.25) is 9.59 Å². The molecule has 2 aromatic carbocycles. The number of carbonyl (C=O) groups excluding carboxylic acids is 1. The molecule has 0 fully saturated rings. The minimum absolute atomic E-state index is 0.136. The van der Waals surface area contributed by atoms with Crippen LogP contribution in [0.3, 0.4) is 0 Å². The Morgan fingerprint density at radius 2 is 1.80 bits per heavy atom. The quantitative estimate of drug-likeness (QED) is 0.567. The molecule has 30 heavy (non-hydrogen) atoms. The number of nitrogens with zero attached hydrogens (tertiary/aromatic N) is 2. The van der Waals surface area contributed by atoms with Gasteiger partial charge in [-0.1, -0.05) is 29.8 Å². The Balaban J connectivity index is 1.51. The van der Waals surface area contributed by atoms with E-state index in [1.807, 2.05) is 25.1 Å². The summed E-state index contributed by atoms with van der Waals surface area (Å²) in [4.78, 5) is 24.1. The van der Waals surface area contributed by atoms with Gasteiger partial charge in [-0.15, -0.1) is 0 Å². The molecule has 0 atom stereocenters. The number of carbonyl (C=O) groups is 1. The van der Waals surface area contributed by atoms with Gasteiger partial charge in [0.25, 0.3) is 11.5 Å². The molecule has 0 aliphatic carbocycles. The van der Waals surface area contributed by atoms with Gasteiger partial charge in [0, 0.05) is 29.3 Å². The van der Waals surface area contributed by atoms with E-state index in [4.69, 9.17) is 21.1 Å². The highest BCUT2D eigenvalue weighted by Gasteiger charge is 2.06. The minimum Gasteiger partial charge on any atom is -0.494 e. The van der Waals surface area contributed by atoms with Crippen LogP contribution in [-0.2, 0) is 11.3 Å². The Morgan fingerprint density at radius 1 is 1.07 bits per heavy atom. The third-order valence-electron chi connectivity index (χ3n) is 4.14. The molecule has 0 saturated heterocycles. The fourth-order valence-corrected chi connectivity index (χ4v) is 2.83. The van der Waals surface area contributed by atoms with Gasteiger partial charge in [0.1, 0.15) is 11.5 Å². The Kier molecular flexibility index (Phi) is 7.45. The van der Waals surface area contributed by atoms with Gasteiger partial charge < -0.3 is 14.8 Å². The lowest BCUT2D eigenvalue weighted by Crippen LogP contribution is -2.34. The zero-order valence-corrected chi connectivity index (χ0v) is 17.3. The van der Waals surface area contributed by atoms with E-state index in [1.165, 1.54) is 10.7 Å². The van der Waals surface area contributed by atoms with Crippen molar-refractivity contribution in [3.8, 4) is 22.8 Å². The topological polar surface area (TPSA) is 82.4 Å². The van der Waals surface area contributed by atoms with Crippen molar-refractivity contribution in [3.63, 3.8) is 0 Å². The third-order valence-corrected chi connectivity index (χ3v) is 4.39. The summed E-state index contributed by atoms with van der Waals surface area (Å²) in [5, 5.41) is 7.70. The van der Waals surface area contributed by atoms with Gasteiger partial charge >= 0.3 is 0 Å². The maximum absolute atomic E-state index is 12.1. The summed E-state index contributed by atoms with van der Waals surface area (Å²) in [7, 11) is 0. The summed E-state index contributed by atoms with van der Waals surface area (Å²) in [5.74, 6) is 0.935. The summed E-state index contributed by atoms with van der Waals surface area (Å²) >= 11 is 5.91. The zero-order chi connectivity index (χ0) is 21.3. The van der Waals surface area contributed by atoms with Crippen LogP contribution in [0.25, 0.3) is 11.3 Å². The van der Waals surface area contributed by atoms with E-state index in [9.17, 15) is 9.59 Å². The molecule has 0 unspecified atom stereocenters. The molecular weight excluding hydrogens is 406 g/mol. The Labute approximate surface area is 179 Å². The van der Waals surface area contributed by atoms with E-state index in [0.29, 0.717) is 28.8 Å². The summed E-state index contributed by atoms with van der Waals surface area (Å²) in [6.45, 7) is 2.80. The standard InChI is InChI=1S/C22H22ClN3O4/c1-2-29-18-4-3-5-19(14-18)30-15-21(27)24-12-13-26-22(28)11-10-20(25-26)16-6-8-17(23)9-7-16/h3-11,14H,2,12-13,15H2,1H3,(H,24,27). The number of amides is 1. The maximum atomic E-state index is 12.1. The van der Waals surface area contributed by atoms with Crippen LogP contribution in [0.4, 0.5) is 0 Å². The second kappa shape index (κ2) is 10.5. The summed E-state index contributed by atoms with van der Waals surface area (Å²) in [5.41, 5.74) is 1.25. The summed E-state index contributed by atoms with van der Waals surface area (Å²) in [6.07, 6.45) is 0. The molecule has 3 rings (SSSR count). The molecule has 0 aliphatic heterocycles. The van der Waals surface area contributed by atoms with Crippen molar-refractivity contribution < 1.29 is 14.3 Å². The molecule has 1 amide bonds. The number of ether oxygens (including phenoxy) is 2. The van der Waals surface area contributed by atoms with Crippen LogP contribution in [0, 0.1) is 0 Å². The van der Waals surface area contributed by atoms with Gasteiger partial charge in [-0.25, -0.2) is 4.68 Å². The molecule has 1 aromatic heterocycles. The molecule has 1 heterocycles. The first-order valence-corrected chi connectivity index (χ1v) is 9.89. The van der Waals surface area contributed by atoms with E-state index in [-0.39, 0.29) is 31.2 Å². The van der Waals surface area contributed by atoms with Gasteiger partial charge in [0.05, 0.1) is 18.8 Å². The Morgan fingerprint density at radius 3 is 2.53 bits per heavy atom. The molecule has 0 bridgehead atoms. The molecule has 0 radical (unpaired) electrons. The van der Waals surface area contributed by atoms with Crippen LogP contribution in [-0.4, -0.2) is 35.4 Å². The van der Waals surface area contributed by atoms with Crippen LogP contribution in [0.1, 0.15) is 6.92 Å². The Hall–Kier alpha value is -3.32. The maximum Gasteiger partial charge on any atom is 0.266 e. The second-order valence-electron chi connectivity index (χ2n) is 6.33. The van der Waals surface area contributed by atoms with Crippen LogP contribution >= 0.6 is 11.6 Å². The van der Waals surface area contributed by atoms with E-state index < -0.39 is 0 Å². The number of rotatable bonds is 9. The first kappa shape index (κ1) is 21.4. The Bertz CT molecular complexity index is 1050. The SMILES string of the molecule is CCOc1cccc(OCC(=O)NCCn2nc(-c3ccc(Cl)cc3)ccc2=O)c1.